The minimum atomic E-state index is -0.856. The number of ether oxygens (including phenoxy) is 1. The van der Waals surface area contributed by atoms with Crippen molar-refractivity contribution < 1.29 is 14.7 Å². The third-order valence-corrected chi connectivity index (χ3v) is 3.27. The van der Waals surface area contributed by atoms with Gasteiger partial charge in [-0.3, -0.25) is 0 Å². The Morgan fingerprint density at radius 3 is 2.96 bits per heavy atom. The number of esters is 1. The largest absolute Gasteiger partial charge is 0.462 e. The molecule has 0 bridgehead atoms. The fraction of sp³-hybridized carbons (Fsp3) is 0.125. The van der Waals surface area contributed by atoms with Gasteiger partial charge in [-0.05, 0) is 37.3 Å². The van der Waals surface area contributed by atoms with Crippen LogP contribution in [0.1, 0.15) is 17.3 Å². The highest BCUT2D eigenvalue weighted by atomic mass is 16.5. The summed E-state index contributed by atoms with van der Waals surface area (Å²) in [4.78, 5) is 31.3. The van der Waals surface area contributed by atoms with E-state index in [0.29, 0.717) is 21.4 Å². The number of nitrogens with one attached hydrogen (secondary N) is 1. The lowest BCUT2D eigenvalue weighted by Crippen LogP contribution is -2.23. The molecule has 2 N–H and O–H groups in total. The zero-order valence-corrected chi connectivity index (χ0v) is 12.8. The van der Waals surface area contributed by atoms with Crippen LogP contribution in [0.4, 0.5) is 11.5 Å². The Hall–Kier alpha value is -3.42. The quantitative estimate of drug-likeness (QED) is 0.557. The van der Waals surface area contributed by atoms with Crippen LogP contribution in [0.25, 0.3) is 11.0 Å². The zero-order valence-electron chi connectivity index (χ0n) is 12.8. The fourth-order valence-electron chi connectivity index (χ4n) is 2.21. The molecular formula is C16H14N4O4. The first-order valence-electron chi connectivity index (χ1n) is 7.21. The molecule has 0 aliphatic heterocycles. The molecule has 0 radical (unpaired) electrons. The molecule has 3 aromatic rings. The van der Waals surface area contributed by atoms with E-state index in [2.05, 4.69) is 15.3 Å². The van der Waals surface area contributed by atoms with E-state index in [1.165, 1.54) is 6.20 Å². The van der Waals surface area contributed by atoms with Crippen molar-refractivity contribution in [3.63, 3.8) is 0 Å². The van der Waals surface area contributed by atoms with Gasteiger partial charge in [0.15, 0.2) is 5.65 Å². The van der Waals surface area contributed by atoms with Crippen LogP contribution in [0.3, 0.4) is 0 Å². The van der Waals surface area contributed by atoms with Crippen molar-refractivity contribution in [2.75, 3.05) is 11.9 Å². The Morgan fingerprint density at radius 2 is 2.17 bits per heavy atom. The summed E-state index contributed by atoms with van der Waals surface area (Å²) in [6, 6.07) is 9.95. The lowest BCUT2D eigenvalue weighted by Gasteiger charge is -2.10. The molecule has 1 aromatic carbocycles. The number of rotatable bonds is 4. The number of aromatic nitrogens is 3. The second-order valence-electron chi connectivity index (χ2n) is 4.86. The SMILES string of the molecule is CCOC(=O)c1cccc(Nc2nc(=O)n(O)c3ncccc23)c1. The van der Waals surface area contributed by atoms with Crippen LogP contribution < -0.4 is 11.0 Å². The molecule has 0 aliphatic carbocycles. The normalized spacial score (nSPS) is 10.5. The molecule has 2 aromatic heterocycles. The van der Waals surface area contributed by atoms with E-state index in [1.54, 1.807) is 43.3 Å². The van der Waals surface area contributed by atoms with Crippen molar-refractivity contribution in [3.8, 4) is 0 Å². The number of hydrogen-bond acceptors (Lipinski definition) is 7. The fourth-order valence-corrected chi connectivity index (χ4v) is 2.21. The summed E-state index contributed by atoms with van der Waals surface area (Å²) in [6.07, 6.45) is 1.46. The first kappa shape index (κ1) is 15.5. The molecule has 24 heavy (non-hydrogen) atoms. The molecule has 8 heteroatoms. The summed E-state index contributed by atoms with van der Waals surface area (Å²) in [5.74, 6) is -0.208. The summed E-state index contributed by atoms with van der Waals surface area (Å²) >= 11 is 0. The predicted octanol–water partition coefficient (Wildman–Crippen LogP) is 1.95. The van der Waals surface area contributed by atoms with Gasteiger partial charge < -0.3 is 15.3 Å². The van der Waals surface area contributed by atoms with E-state index < -0.39 is 11.7 Å². The van der Waals surface area contributed by atoms with Gasteiger partial charge in [-0.2, -0.15) is 4.98 Å². The van der Waals surface area contributed by atoms with E-state index in [-0.39, 0.29) is 18.1 Å². The molecule has 0 saturated heterocycles. The first-order valence-corrected chi connectivity index (χ1v) is 7.21. The summed E-state index contributed by atoms with van der Waals surface area (Å²) < 4.78 is 5.34. The molecule has 3 rings (SSSR count). The van der Waals surface area contributed by atoms with E-state index in [0.717, 1.165) is 0 Å². The van der Waals surface area contributed by atoms with Crippen LogP contribution in [0, 0.1) is 0 Å². The summed E-state index contributed by atoms with van der Waals surface area (Å²) in [5.41, 5.74) is 0.153. The predicted molar refractivity (Wildman–Crippen MR) is 86.7 cm³/mol. The summed E-state index contributed by atoms with van der Waals surface area (Å²) in [7, 11) is 0. The smallest absolute Gasteiger partial charge is 0.384 e. The maximum Gasteiger partial charge on any atom is 0.384 e. The van der Waals surface area contributed by atoms with E-state index in [9.17, 15) is 14.8 Å². The van der Waals surface area contributed by atoms with Gasteiger partial charge in [0, 0.05) is 11.9 Å². The summed E-state index contributed by atoms with van der Waals surface area (Å²) in [5, 5.41) is 13.1. The third kappa shape index (κ3) is 2.89. The highest BCUT2D eigenvalue weighted by Gasteiger charge is 2.12. The molecule has 0 aliphatic rings. The highest BCUT2D eigenvalue weighted by molar-refractivity contribution is 5.92. The maximum absolute atomic E-state index is 11.8. The van der Waals surface area contributed by atoms with Crippen molar-refractivity contribution in [1.29, 1.82) is 0 Å². The molecular weight excluding hydrogens is 312 g/mol. The average Bonchev–Trinajstić information content (AvgIpc) is 2.60. The number of benzene rings is 1. The van der Waals surface area contributed by atoms with Crippen LogP contribution >= 0.6 is 0 Å². The van der Waals surface area contributed by atoms with Gasteiger partial charge in [0.05, 0.1) is 17.6 Å². The summed E-state index contributed by atoms with van der Waals surface area (Å²) in [6.45, 7) is 2.01. The molecule has 0 unspecified atom stereocenters. The van der Waals surface area contributed by atoms with Crippen molar-refractivity contribution >= 4 is 28.5 Å². The number of hydrogen-bond donors (Lipinski definition) is 2. The molecule has 0 spiro atoms. The maximum atomic E-state index is 11.8. The van der Waals surface area contributed by atoms with Crippen LogP contribution in [-0.4, -0.2) is 32.5 Å². The minimum absolute atomic E-state index is 0.0848. The number of nitrogens with zero attached hydrogens (tertiary/aromatic N) is 3. The Kier molecular flexibility index (Phi) is 4.11. The second kappa shape index (κ2) is 6.37. The standard InChI is InChI=1S/C16H14N4O4/c1-2-24-15(21)10-5-3-6-11(9-10)18-13-12-7-4-8-17-14(12)20(23)16(22)19-13/h3-9,23H,2H2,1H3,(H,18,19,22). The van der Waals surface area contributed by atoms with Gasteiger partial charge in [-0.25, -0.2) is 14.6 Å². The molecule has 122 valence electrons. The van der Waals surface area contributed by atoms with Gasteiger partial charge >= 0.3 is 11.7 Å². The molecule has 0 saturated carbocycles. The van der Waals surface area contributed by atoms with E-state index in [4.69, 9.17) is 4.74 Å². The number of carbonyl (C=O) groups excluding carboxylic acids is 1. The average molecular weight is 326 g/mol. The van der Waals surface area contributed by atoms with Gasteiger partial charge in [-0.1, -0.05) is 6.07 Å². The number of fused-ring (bicyclic) bond motifs is 1. The van der Waals surface area contributed by atoms with Gasteiger partial charge in [0.2, 0.25) is 0 Å². The molecule has 2 heterocycles. The van der Waals surface area contributed by atoms with Crippen molar-refractivity contribution in [2.45, 2.75) is 6.92 Å². The van der Waals surface area contributed by atoms with Gasteiger partial charge in [-0.15, -0.1) is 4.73 Å². The Balaban J connectivity index is 2.02. The first-order chi connectivity index (χ1) is 11.6. The van der Waals surface area contributed by atoms with Gasteiger partial charge in [0.1, 0.15) is 5.82 Å². The minimum Gasteiger partial charge on any atom is -0.462 e. The second-order valence-corrected chi connectivity index (χ2v) is 4.86. The molecule has 0 atom stereocenters. The lowest BCUT2D eigenvalue weighted by atomic mass is 10.2. The van der Waals surface area contributed by atoms with Crippen molar-refractivity contribution in [2.24, 2.45) is 0 Å². The lowest BCUT2D eigenvalue weighted by molar-refractivity contribution is 0.0526. The Morgan fingerprint density at radius 1 is 1.33 bits per heavy atom. The number of pyridine rings is 1. The van der Waals surface area contributed by atoms with Crippen molar-refractivity contribution in [1.82, 2.24) is 14.7 Å². The van der Waals surface area contributed by atoms with Crippen LogP contribution in [0.5, 0.6) is 0 Å². The van der Waals surface area contributed by atoms with E-state index >= 15 is 0 Å². The molecule has 0 fully saturated rings. The Labute approximate surface area is 136 Å². The monoisotopic (exact) mass is 326 g/mol. The topological polar surface area (TPSA) is 106 Å². The number of carbonyl (C=O) groups is 1. The number of anilines is 2. The van der Waals surface area contributed by atoms with Crippen LogP contribution in [0.15, 0.2) is 47.4 Å². The molecule has 8 nitrogen and oxygen atoms in total. The molecule has 0 amide bonds. The van der Waals surface area contributed by atoms with Crippen LogP contribution in [-0.2, 0) is 4.74 Å². The van der Waals surface area contributed by atoms with E-state index in [1.807, 2.05) is 0 Å². The Bertz CT molecular complexity index is 968. The van der Waals surface area contributed by atoms with Gasteiger partial charge in [0.25, 0.3) is 0 Å². The van der Waals surface area contributed by atoms with Crippen LogP contribution in [0.2, 0.25) is 0 Å². The highest BCUT2D eigenvalue weighted by Crippen LogP contribution is 2.22. The zero-order chi connectivity index (χ0) is 17.1. The van der Waals surface area contributed by atoms with Crippen molar-refractivity contribution in [3.05, 3.63) is 58.6 Å². The third-order valence-electron chi connectivity index (χ3n) is 3.27.